The highest BCUT2D eigenvalue weighted by Gasteiger charge is 2.28. The van der Waals surface area contributed by atoms with E-state index in [0.717, 1.165) is 37.1 Å². The molecule has 4 rings (SSSR count). The minimum Gasteiger partial charge on any atom is -0.337 e. The molecular formula is C24H27FN4O2. The molecule has 1 saturated heterocycles. The molecule has 3 aromatic rings. The van der Waals surface area contributed by atoms with Gasteiger partial charge in [0.05, 0.1) is 12.5 Å². The summed E-state index contributed by atoms with van der Waals surface area (Å²) >= 11 is 0. The first-order valence-electron chi connectivity index (χ1n) is 10.6. The zero-order valence-corrected chi connectivity index (χ0v) is 17.9. The zero-order chi connectivity index (χ0) is 21.8. The molecule has 162 valence electrons. The highest BCUT2D eigenvalue weighted by atomic mass is 19.1. The van der Waals surface area contributed by atoms with E-state index >= 15 is 0 Å². The van der Waals surface area contributed by atoms with E-state index in [2.05, 4.69) is 15.0 Å². The molecule has 0 unspecified atom stereocenters. The molecule has 0 radical (unpaired) electrons. The minimum absolute atomic E-state index is 0.0707. The molecule has 1 aliphatic rings. The summed E-state index contributed by atoms with van der Waals surface area (Å²) in [6.07, 6.45) is 1.82. The molecule has 2 heterocycles. The first-order chi connectivity index (χ1) is 15.0. The maximum Gasteiger partial charge on any atom is 0.246 e. The maximum absolute atomic E-state index is 13.1. The van der Waals surface area contributed by atoms with Crippen LogP contribution in [0.25, 0.3) is 11.4 Å². The molecule has 0 aliphatic carbocycles. The summed E-state index contributed by atoms with van der Waals surface area (Å²) < 4.78 is 18.5. The second-order valence-electron chi connectivity index (χ2n) is 8.27. The fraction of sp³-hybridized carbons (Fsp3) is 0.375. The van der Waals surface area contributed by atoms with Crippen LogP contribution in [0, 0.1) is 18.7 Å². The Kier molecular flexibility index (Phi) is 6.42. The largest absolute Gasteiger partial charge is 0.337 e. The summed E-state index contributed by atoms with van der Waals surface area (Å²) in [4.78, 5) is 21.4. The van der Waals surface area contributed by atoms with Gasteiger partial charge in [0.2, 0.25) is 17.6 Å². The van der Waals surface area contributed by atoms with E-state index in [9.17, 15) is 9.18 Å². The number of carbonyl (C=O) groups is 1. The number of benzene rings is 2. The van der Waals surface area contributed by atoms with E-state index in [1.807, 2.05) is 31.2 Å². The van der Waals surface area contributed by atoms with Gasteiger partial charge < -0.3 is 9.42 Å². The third-order valence-corrected chi connectivity index (χ3v) is 5.70. The number of amides is 1. The van der Waals surface area contributed by atoms with Crippen molar-refractivity contribution in [3.63, 3.8) is 0 Å². The van der Waals surface area contributed by atoms with Crippen LogP contribution in [-0.4, -0.2) is 46.0 Å². The molecule has 1 aromatic heterocycles. The number of likely N-dealkylation sites (tertiary alicyclic amines) is 1. The lowest BCUT2D eigenvalue weighted by Crippen LogP contribution is -2.43. The van der Waals surface area contributed by atoms with E-state index in [1.165, 1.54) is 17.7 Å². The fourth-order valence-corrected chi connectivity index (χ4v) is 3.98. The monoisotopic (exact) mass is 422 g/mol. The van der Waals surface area contributed by atoms with Gasteiger partial charge >= 0.3 is 0 Å². The Morgan fingerprint density at radius 1 is 1.19 bits per heavy atom. The van der Waals surface area contributed by atoms with Gasteiger partial charge in [-0.1, -0.05) is 47.1 Å². The number of rotatable bonds is 6. The summed E-state index contributed by atoms with van der Waals surface area (Å²) in [6, 6.07) is 14.5. The lowest BCUT2D eigenvalue weighted by molar-refractivity contribution is -0.137. The van der Waals surface area contributed by atoms with Crippen LogP contribution in [0.15, 0.2) is 53.1 Å². The average Bonchev–Trinajstić information content (AvgIpc) is 3.24. The molecule has 2 aromatic carbocycles. The molecule has 1 aliphatic heterocycles. The van der Waals surface area contributed by atoms with Crippen LogP contribution in [0.1, 0.15) is 29.9 Å². The third-order valence-electron chi connectivity index (χ3n) is 5.70. The molecule has 0 N–H and O–H groups in total. The number of halogens is 1. The van der Waals surface area contributed by atoms with Gasteiger partial charge in [-0.2, -0.15) is 4.98 Å². The van der Waals surface area contributed by atoms with Crippen molar-refractivity contribution in [1.29, 1.82) is 0 Å². The van der Waals surface area contributed by atoms with Crippen molar-refractivity contribution in [2.75, 3.05) is 20.1 Å². The average molecular weight is 423 g/mol. The van der Waals surface area contributed by atoms with Crippen LogP contribution < -0.4 is 0 Å². The van der Waals surface area contributed by atoms with E-state index < -0.39 is 0 Å². The van der Waals surface area contributed by atoms with Gasteiger partial charge in [0.1, 0.15) is 5.82 Å². The summed E-state index contributed by atoms with van der Waals surface area (Å²) in [7, 11) is 1.77. The van der Waals surface area contributed by atoms with Gasteiger partial charge in [0.15, 0.2) is 0 Å². The van der Waals surface area contributed by atoms with Crippen molar-refractivity contribution in [3.05, 3.63) is 71.4 Å². The van der Waals surface area contributed by atoms with Crippen molar-refractivity contribution < 1.29 is 13.7 Å². The predicted molar refractivity (Wildman–Crippen MR) is 115 cm³/mol. The number of nitrogens with zero attached hydrogens (tertiary/aromatic N) is 4. The molecule has 31 heavy (non-hydrogen) atoms. The Morgan fingerprint density at radius 3 is 2.68 bits per heavy atom. The highest BCUT2D eigenvalue weighted by Crippen LogP contribution is 2.22. The van der Waals surface area contributed by atoms with E-state index in [0.29, 0.717) is 18.3 Å². The predicted octanol–water partition coefficient (Wildman–Crippen LogP) is 4.05. The number of aromatic nitrogens is 2. The zero-order valence-electron chi connectivity index (χ0n) is 17.9. The molecule has 0 saturated carbocycles. The molecule has 1 fully saturated rings. The van der Waals surface area contributed by atoms with Crippen LogP contribution in [0.5, 0.6) is 0 Å². The number of hydrogen-bond acceptors (Lipinski definition) is 5. The molecule has 0 spiro atoms. The number of carbonyl (C=O) groups excluding carboxylic acids is 1. The quantitative estimate of drug-likeness (QED) is 0.600. The highest BCUT2D eigenvalue weighted by molar-refractivity contribution is 5.78. The van der Waals surface area contributed by atoms with Crippen molar-refractivity contribution in [3.8, 4) is 11.4 Å². The van der Waals surface area contributed by atoms with Crippen molar-refractivity contribution >= 4 is 5.91 Å². The first-order valence-corrected chi connectivity index (χ1v) is 10.6. The van der Waals surface area contributed by atoms with Crippen molar-refractivity contribution in [2.24, 2.45) is 5.92 Å². The smallest absolute Gasteiger partial charge is 0.246 e. The Morgan fingerprint density at radius 2 is 1.94 bits per heavy atom. The van der Waals surface area contributed by atoms with Gasteiger partial charge in [0, 0.05) is 25.7 Å². The second kappa shape index (κ2) is 9.39. The van der Waals surface area contributed by atoms with E-state index in [-0.39, 0.29) is 24.2 Å². The van der Waals surface area contributed by atoms with Crippen LogP contribution in [-0.2, 0) is 17.9 Å². The van der Waals surface area contributed by atoms with Gasteiger partial charge in [-0.05, 0) is 44.0 Å². The molecule has 7 heteroatoms. The Labute approximate surface area is 181 Å². The standard InChI is InChI=1S/C24H27FN4O2/c1-17-5-9-19(10-6-17)23-26-22(31-27-23)16-28(2)24(30)20-4-3-13-29(15-20)14-18-7-11-21(25)12-8-18/h5-12,20H,3-4,13-16H2,1-2H3/t20-/m0/s1. The molecule has 1 amide bonds. The summed E-state index contributed by atoms with van der Waals surface area (Å²) in [6.45, 7) is 4.66. The molecule has 1 atom stereocenters. The topological polar surface area (TPSA) is 62.5 Å². The van der Waals surface area contributed by atoms with Crippen LogP contribution in [0.3, 0.4) is 0 Å². The number of piperidine rings is 1. The summed E-state index contributed by atoms with van der Waals surface area (Å²) in [5.74, 6) is 0.727. The van der Waals surface area contributed by atoms with Crippen molar-refractivity contribution in [1.82, 2.24) is 19.9 Å². The van der Waals surface area contributed by atoms with E-state index in [4.69, 9.17) is 4.52 Å². The fourth-order valence-electron chi connectivity index (χ4n) is 3.98. The maximum atomic E-state index is 13.1. The normalized spacial score (nSPS) is 16.9. The Bertz CT molecular complexity index is 1020. The lowest BCUT2D eigenvalue weighted by atomic mass is 9.96. The van der Waals surface area contributed by atoms with Crippen LogP contribution >= 0.6 is 0 Å². The Balaban J connectivity index is 1.34. The van der Waals surface area contributed by atoms with E-state index in [1.54, 1.807) is 24.1 Å². The minimum atomic E-state index is -0.233. The number of hydrogen-bond donors (Lipinski definition) is 0. The van der Waals surface area contributed by atoms with Gasteiger partial charge in [-0.25, -0.2) is 4.39 Å². The first kappa shape index (κ1) is 21.2. The molecule has 0 bridgehead atoms. The summed E-state index contributed by atoms with van der Waals surface area (Å²) in [5.41, 5.74) is 3.11. The second-order valence-corrected chi connectivity index (χ2v) is 8.27. The van der Waals surface area contributed by atoms with Crippen molar-refractivity contribution in [2.45, 2.75) is 32.9 Å². The molecular weight excluding hydrogens is 395 g/mol. The third kappa shape index (κ3) is 5.35. The molecule has 6 nitrogen and oxygen atoms in total. The summed E-state index contributed by atoms with van der Waals surface area (Å²) in [5, 5.41) is 4.05. The van der Waals surface area contributed by atoms with Gasteiger partial charge in [0.25, 0.3) is 0 Å². The van der Waals surface area contributed by atoms with Crippen LogP contribution in [0.4, 0.5) is 4.39 Å². The van der Waals surface area contributed by atoms with Gasteiger partial charge in [-0.3, -0.25) is 9.69 Å². The van der Waals surface area contributed by atoms with Gasteiger partial charge in [-0.15, -0.1) is 0 Å². The Hall–Kier alpha value is -3.06. The van der Waals surface area contributed by atoms with Crippen LogP contribution in [0.2, 0.25) is 0 Å². The number of aryl methyl sites for hydroxylation is 1. The SMILES string of the molecule is Cc1ccc(-c2noc(CN(C)C(=O)[C@H]3CCCN(Cc4ccc(F)cc4)C3)n2)cc1. The lowest BCUT2D eigenvalue weighted by Gasteiger charge is -2.33.